The van der Waals surface area contributed by atoms with Crippen LogP contribution in [-0.4, -0.2) is 24.0 Å². The van der Waals surface area contributed by atoms with Crippen molar-refractivity contribution >= 4 is 11.3 Å². The van der Waals surface area contributed by atoms with Crippen LogP contribution in [0, 0.1) is 5.41 Å². The second-order valence-electron chi connectivity index (χ2n) is 7.44. The molecule has 3 rings (SSSR count). The summed E-state index contributed by atoms with van der Waals surface area (Å²) in [6, 6.07) is 4.90. The second-order valence-corrected chi connectivity index (χ2v) is 8.42. The molecule has 1 aromatic heterocycles. The topological polar surface area (TPSA) is 29.3 Å². The van der Waals surface area contributed by atoms with E-state index in [-0.39, 0.29) is 5.54 Å². The molecule has 2 fully saturated rings. The maximum absolute atomic E-state index is 6.28. The lowest BCUT2D eigenvalue weighted by Gasteiger charge is -2.51. The van der Waals surface area contributed by atoms with Crippen molar-refractivity contribution in [3.05, 3.63) is 22.4 Å². The summed E-state index contributed by atoms with van der Waals surface area (Å²) in [7, 11) is 2.30. The van der Waals surface area contributed by atoms with Crippen LogP contribution < -0.4 is 5.73 Å². The monoisotopic (exact) mass is 306 g/mol. The van der Waals surface area contributed by atoms with Crippen molar-refractivity contribution in [2.45, 2.75) is 69.9 Å². The number of rotatable bonds is 4. The number of likely N-dealkylation sites (N-methyl/N-ethyl adjacent to an activating group) is 1. The lowest BCUT2D eigenvalue weighted by molar-refractivity contribution is 0.00888. The first kappa shape index (κ1) is 15.5. The average molecular weight is 307 g/mol. The van der Waals surface area contributed by atoms with E-state index in [1.807, 2.05) is 11.3 Å². The molecule has 21 heavy (non-hydrogen) atoms. The molecule has 0 bridgehead atoms. The number of thiophene rings is 1. The molecule has 118 valence electrons. The Balaban J connectivity index is 1.72. The van der Waals surface area contributed by atoms with Gasteiger partial charge in [-0.1, -0.05) is 18.9 Å². The average Bonchev–Trinajstić information content (AvgIpc) is 3.19. The molecule has 2 aliphatic carbocycles. The van der Waals surface area contributed by atoms with Gasteiger partial charge in [-0.05, 0) is 69.4 Å². The summed E-state index contributed by atoms with van der Waals surface area (Å²) in [5.74, 6) is 0. The van der Waals surface area contributed by atoms with Crippen LogP contribution in [-0.2, 0) is 0 Å². The third kappa shape index (κ3) is 2.80. The largest absolute Gasteiger partial charge is 0.329 e. The molecule has 1 atom stereocenters. The Morgan fingerprint density at radius 1 is 1.19 bits per heavy atom. The van der Waals surface area contributed by atoms with E-state index in [2.05, 4.69) is 36.4 Å². The van der Waals surface area contributed by atoms with Crippen LogP contribution in [0.3, 0.4) is 0 Å². The molecule has 1 unspecified atom stereocenters. The zero-order valence-corrected chi connectivity index (χ0v) is 14.4. The van der Waals surface area contributed by atoms with Gasteiger partial charge in [-0.3, -0.25) is 4.90 Å². The smallest absolute Gasteiger partial charge is 0.0416 e. The van der Waals surface area contributed by atoms with Gasteiger partial charge in [0, 0.05) is 23.0 Å². The van der Waals surface area contributed by atoms with Crippen LogP contribution in [0.15, 0.2) is 17.5 Å². The minimum absolute atomic E-state index is 0.219. The second kappa shape index (κ2) is 6.02. The van der Waals surface area contributed by atoms with Gasteiger partial charge in [0.2, 0.25) is 0 Å². The molecule has 3 heteroatoms. The predicted octanol–water partition coefficient (Wildman–Crippen LogP) is 4.57. The van der Waals surface area contributed by atoms with Crippen LogP contribution in [0.2, 0.25) is 0 Å². The molecule has 0 saturated heterocycles. The molecule has 1 aromatic rings. The van der Waals surface area contributed by atoms with E-state index in [1.54, 1.807) is 0 Å². The minimum Gasteiger partial charge on any atom is -0.329 e. The summed E-state index contributed by atoms with van der Waals surface area (Å²) in [6.45, 7) is 3.14. The Kier molecular flexibility index (Phi) is 4.45. The van der Waals surface area contributed by atoms with Gasteiger partial charge in [-0.2, -0.15) is 0 Å². The number of hydrogen-bond donors (Lipinski definition) is 1. The van der Waals surface area contributed by atoms with Gasteiger partial charge in [0.1, 0.15) is 0 Å². The van der Waals surface area contributed by atoms with E-state index in [9.17, 15) is 0 Å². The fraction of sp³-hybridized carbons (Fsp3) is 0.778. The van der Waals surface area contributed by atoms with Gasteiger partial charge in [-0.15, -0.1) is 11.3 Å². The molecule has 0 radical (unpaired) electrons. The molecule has 0 aliphatic heterocycles. The first-order valence-corrected chi connectivity index (χ1v) is 9.45. The highest BCUT2D eigenvalue weighted by Gasteiger charge is 2.46. The summed E-state index contributed by atoms with van der Waals surface area (Å²) in [5, 5.41) is 2.18. The van der Waals surface area contributed by atoms with Gasteiger partial charge >= 0.3 is 0 Å². The van der Waals surface area contributed by atoms with Gasteiger partial charge in [0.25, 0.3) is 0 Å². The fourth-order valence-electron chi connectivity index (χ4n) is 4.70. The van der Waals surface area contributed by atoms with E-state index in [0.29, 0.717) is 11.5 Å². The highest BCUT2D eigenvalue weighted by molar-refractivity contribution is 7.10. The third-order valence-corrected chi connectivity index (χ3v) is 7.61. The van der Waals surface area contributed by atoms with Crippen LogP contribution in [0.1, 0.15) is 69.2 Å². The highest BCUT2D eigenvalue weighted by Crippen LogP contribution is 2.52. The van der Waals surface area contributed by atoms with E-state index >= 15 is 0 Å². The summed E-state index contributed by atoms with van der Waals surface area (Å²) in [5.41, 5.74) is 7.18. The molecule has 1 heterocycles. The van der Waals surface area contributed by atoms with Crippen molar-refractivity contribution in [2.24, 2.45) is 11.1 Å². The zero-order valence-electron chi connectivity index (χ0n) is 13.6. The molecule has 2 N–H and O–H groups in total. The van der Waals surface area contributed by atoms with Crippen molar-refractivity contribution in [1.29, 1.82) is 0 Å². The predicted molar refractivity (Wildman–Crippen MR) is 91.7 cm³/mol. The normalized spacial score (nSPS) is 25.5. The molecule has 0 aromatic carbocycles. The molecule has 2 saturated carbocycles. The summed E-state index contributed by atoms with van der Waals surface area (Å²) in [4.78, 5) is 4.05. The van der Waals surface area contributed by atoms with E-state index in [0.717, 1.165) is 6.54 Å². The maximum Gasteiger partial charge on any atom is 0.0416 e. The summed E-state index contributed by atoms with van der Waals surface area (Å²) < 4.78 is 0. The maximum atomic E-state index is 6.28. The Morgan fingerprint density at radius 2 is 1.86 bits per heavy atom. The molecular formula is C18H30N2S. The first-order valence-electron chi connectivity index (χ1n) is 8.57. The van der Waals surface area contributed by atoms with Gasteiger partial charge < -0.3 is 5.73 Å². The van der Waals surface area contributed by atoms with Crippen molar-refractivity contribution in [2.75, 3.05) is 13.6 Å². The fourth-order valence-corrected chi connectivity index (χ4v) is 5.53. The Morgan fingerprint density at radius 3 is 2.38 bits per heavy atom. The van der Waals surface area contributed by atoms with Crippen molar-refractivity contribution in [3.63, 3.8) is 0 Å². The Bertz CT molecular complexity index is 438. The van der Waals surface area contributed by atoms with Crippen molar-refractivity contribution in [3.8, 4) is 0 Å². The SMILES string of the molecule is CC(c1cccs1)N(C)C1(CN)CCC2(CCCC2)CC1. The Labute approximate surface area is 133 Å². The van der Waals surface area contributed by atoms with Gasteiger partial charge in [0.05, 0.1) is 0 Å². The third-order valence-electron chi connectivity index (χ3n) is 6.57. The van der Waals surface area contributed by atoms with Gasteiger partial charge in [0.15, 0.2) is 0 Å². The summed E-state index contributed by atoms with van der Waals surface area (Å²) >= 11 is 1.87. The summed E-state index contributed by atoms with van der Waals surface area (Å²) in [6.07, 6.45) is 11.2. The minimum atomic E-state index is 0.219. The first-order chi connectivity index (χ1) is 10.1. The van der Waals surface area contributed by atoms with E-state index < -0.39 is 0 Å². The quantitative estimate of drug-likeness (QED) is 0.882. The molecule has 2 aliphatic rings. The molecule has 1 spiro atoms. The van der Waals surface area contributed by atoms with E-state index in [4.69, 9.17) is 5.73 Å². The molecular weight excluding hydrogens is 276 g/mol. The molecule has 0 amide bonds. The molecule has 2 nitrogen and oxygen atoms in total. The van der Waals surface area contributed by atoms with E-state index in [1.165, 1.54) is 56.2 Å². The Hall–Kier alpha value is -0.380. The number of nitrogens with zero attached hydrogens (tertiary/aromatic N) is 1. The van der Waals surface area contributed by atoms with Crippen LogP contribution in [0.25, 0.3) is 0 Å². The van der Waals surface area contributed by atoms with Crippen molar-refractivity contribution < 1.29 is 0 Å². The highest BCUT2D eigenvalue weighted by atomic mass is 32.1. The number of nitrogens with two attached hydrogens (primary N) is 1. The van der Waals surface area contributed by atoms with Gasteiger partial charge in [-0.25, -0.2) is 0 Å². The number of hydrogen-bond acceptors (Lipinski definition) is 3. The zero-order chi connectivity index (χ0) is 14.9. The van der Waals surface area contributed by atoms with Crippen molar-refractivity contribution in [1.82, 2.24) is 4.90 Å². The lowest BCUT2D eigenvalue weighted by atomic mass is 9.65. The van der Waals surface area contributed by atoms with Crippen LogP contribution in [0.4, 0.5) is 0 Å². The van der Waals surface area contributed by atoms with Crippen LogP contribution in [0.5, 0.6) is 0 Å². The lowest BCUT2D eigenvalue weighted by Crippen LogP contribution is -2.55. The van der Waals surface area contributed by atoms with Crippen LogP contribution >= 0.6 is 11.3 Å². The standard InChI is InChI=1S/C18H30N2S/c1-15(16-6-5-13-21-16)20(2)18(14-19)11-9-17(10-12-18)7-3-4-8-17/h5-6,13,15H,3-4,7-12,14,19H2,1-2H3.